The molecule has 72 valence electrons. The van der Waals surface area contributed by atoms with Crippen LogP contribution in [0.15, 0.2) is 18.2 Å². The van der Waals surface area contributed by atoms with Crippen molar-refractivity contribution in [3.63, 3.8) is 0 Å². The van der Waals surface area contributed by atoms with Crippen molar-refractivity contribution < 1.29 is 5.11 Å². The monoisotopic (exact) mass is 179 g/mol. The van der Waals surface area contributed by atoms with E-state index in [2.05, 4.69) is 0 Å². The zero-order valence-electron chi connectivity index (χ0n) is 8.68. The van der Waals surface area contributed by atoms with Crippen LogP contribution in [0.4, 0.5) is 0 Å². The summed E-state index contributed by atoms with van der Waals surface area (Å²) < 4.78 is 0. The van der Waals surface area contributed by atoms with Gasteiger partial charge in [0.05, 0.1) is 0 Å². The molecule has 0 amide bonds. The Labute approximate surface area is 79.7 Å². The van der Waals surface area contributed by atoms with Gasteiger partial charge in [0.1, 0.15) is 5.75 Å². The summed E-state index contributed by atoms with van der Waals surface area (Å²) in [5.74, 6) is 0.192. The summed E-state index contributed by atoms with van der Waals surface area (Å²) in [6.45, 7) is 7.56. The molecule has 0 saturated heterocycles. The quantitative estimate of drug-likeness (QED) is 0.639. The van der Waals surface area contributed by atoms with Crippen molar-refractivity contribution in [1.29, 1.82) is 5.41 Å². The lowest BCUT2D eigenvalue weighted by Gasteiger charge is -2.02. The van der Waals surface area contributed by atoms with Gasteiger partial charge in [-0.15, -0.1) is 0 Å². The Hall–Kier alpha value is -1.31. The SMILES string of the molecule is CC.CC(=N)c1ccc(C)cc1O. The van der Waals surface area contributed by atoms with Crippen molar-refractivity contribution in [2.75, 3.05) is 0 Å². The number of hydrogen-bond donors (Lipinski definition) is 2. The van der Waals surface area contributed by atoms with Gasteiger partial charge in [0.2, 0.25) is 0 Å². The molecule has 0 bridgehead atoms. The fourth-order valence-electron chi connectivity index (χ4n) is 0.959. The van der Waals surface area contributed by atoms with Crippen LogP contribution in [-0.4, -0.2) is 10.8 Å². The number of aromatic hydroxyl groups is 1. The third-order valence-electron chi connectivity index (χ3n) is 1.56. The molecule has 0 aliphatic rings. The minimum atomic E-state index is 0.192. The average Bonchev–Trinajstić information content (AvgIpc) is 2.07. The van der Waals surface area contributed by atoms with Gasteiger partial charge >= 0.3 is 0 Å². The first kappa shape index (κ1) is 11.7. The lowest BCUT2D eigenvalue weighted by molar-refractivity contribution is 0.473. The van der Waals surface area contributed by atoms with Gasteiger partial charge in [0.25, 0.3) is 0 Å². The number of aryl methyl sites for hydroxylation is 1. The molecule has 0 fully saturated rings. The summed E-state index contributed by atoms with van der Waals surface area (Å²) in [7, 11) is 0. The van der Waals surface area contributed by atoms with Crippen LogP contribution < -0.4 is 0 Å². The zero-order valence-corrected chi connectivity index (χ0v) is 8.68. The van der Waals surface area contributed by atoms with Crippen LogP contribution in [0.2, 0.25) is 0 Å². The van der Waals surface area contributed by atoms with E-state index in [0.717, 1.165) is 5.56 Å². The van der Waals surface area contributed by atoms with Gasteiger partial charge in [-0.05, 0) is 31.5 Å². The summed E-state index contributed by atoms with van der Waals surface area (Å²) in [6, 6.07) is 5.30. The lowest BCUT2D eigenvalue weighted by atomic mass is 10.1. The van der Waals surface area contributed by atoms with Gasteiger partial charge in [-0.2, -0.15) is 0 Å². The van der Waals surface area contributed by atoms with Crippen LogP contribution in [0.1, 0.15) is 31.9 Å². The number of rotatable bonds is 1. The summed E-state index contributed by atoms with van der Waals surface area (Å²) in [6.07, 6.45) is 0. The summed E-state index contributed by atoms with van der Waals surface area (Å²) in [5.41, 5.74) is 2.01. The number of hydrogen-bond acceptors (Lipinski definition) is 2. The van der Waals surface area contributed by atoms with E-state index in [1.54, 1.807) is 19.1 Å². The number of phenolic OH excluding ortho intramolecular Hbond substituents is 1. The third kappa shape index (κ3) is 3.28. The van der Waals surface area contributed by atoms with Gasteiger partial charge in [-0.3, -0.25) is 0 Å². The molecule has 0 unspecified atom stereocenters. The van der Waals surface area contributed by atoms with Crippen LogP contribution in [0.3, 0.4) is 0 Å². The van der Waals surface area contributed by atoms with Gasteiger partial charge < -0.3 is 10.5 Å². The Morgan fingerprint density at radius 1 is 1.31 bits per heavy atom. The molecule has 0 spiro atoms. The molecule has 0 aromatic heterocycles. The maximum absolute atomic E-state index is 9.32. The second-order valence-electron chi connectivity index (χ2n) is 2.65. The standard InChI is InChI=1S/C9H11NO.C2H6/c1-6-3-4-8(7(2)10)9(11)5-6;1-2/h3-5,10-11H,1-2H3;1-2H3. The minimum absolute atomic E-state index is 0.192. The molecule has 1 rings (SSSR count). The van der Waals surface area contributed by atoms with E-state index >= 15 is 0 Å². The van der Waals surface area contributed by atoms with Gasteiger partial charge in [0, 0.05) is 11.3 Å². The minimum Gasteiger partial charge on any atom is -0.507 e. The number of phenols is 1. The number of benzene rings is 1. The Morgan fingerprint density at radius 2 is 1.85 bits per heavy atom. The molecule has 2 nitrogen and oxygen atoms in total. The van der Waals surface area contributed by atoms with Crippen molar-refractivity contribution in [3.05, 3.63) is 29.3 Å². The predicted molar refractivity (Wildman–Crippen MR) is 56.7 cm³/mol. The van der Waals surface area contributed by atoms with E-state index in [1.807, 2.05) is 26.8 Å². The van der Waals surface area contributed by atoms with Crippen molar-refractivity contribution >= 4 is 5.71 Å². The highest BCUT2D eigenvalue weighted by atomic mass is 16.3. The Kier molecular flexibility index (Phi) is 4.82. The summed E-state index contributed by atoms with van der Waals surface area (Å²) in [4.78, 5) is 0. The molecule has 2 N–H and O–H groups in total. The molecule has 0 saturated carbocycles. The van der Waals surface area contributed by atoms with E-state index in [0.29, 0.717) is 11.3 Å². The second-order valence-corrected chi connectivity index (χ2v) is 2.65. The molecule has 1 aromatic carbocycles. The van der Waals surface area contributed by atoms with E-state index in [1.165, 1.54) is 0 Å². The highest BCUT2D eigenvalue weighted by Crippen LogP contribution is 2.18. The molecule has 0 heterocycles. The van der Waals surface area contributed by atoms with E-state index in [-0.39, 0.29) is 5.75 Å². The highest BCUT2D eigenvalue weighted by Gasteiger charge is 2.01. The number of nitrogens with one attached hydrogen (secondary N) is 1. The van der Waals surface area contributed by atoms with Crippen LogP contribution in [0, 0.1) is 12.3 Å². The Morgan fingerprint density at radius 3 is 2.23 bits per heavy atom. The fraction of sp³-hybridized carbons (Fsp3) is 0.364. The topological polar surface area (TPSA) is 44.1 Å². The fourth-order valence-corrected chi connectivity index (χ4v) is 0.959. The Bertz CT molecular complexity index is 292. The van der Waals surface area contributed by atoms with Gasteiger partial charge in [-0.25, -0.2) is 0 Å². The van der Waals surface area contributed by atoms with Gasteiger partial charge in [0.15, 0.2) is 0 Å². The molecule has 2 heteroatoms. The normalized spacial score (nSPS) is 8.62. The van der Waals surface area contributed by atoms with E-state index in [9.17, 15) is 5.11 Å². The van der Waals surface area contributed by atoms with Crippen molar-refractivity contribution in [1.82, 2.24) is 0 Å². The van der Waals surface area contributed by atoms with Gasteiger partial charge in [-0.1, -0.05) is 19.9 Å². The van der Waals surface area contributed by atoms with Crippen LogP contribution in [-0.2, 0) is 0 Å². The summed E-state index contributed by atoms with van der Waals surface area (Å²) in [5, 5.41) is 16.6. The molecule has 13 heavy (non-hydrogen) atoms. The van der Waals surface area contributed by atoms with Crippen LogP contribution in [0.5, 0.6) is 5.75 Å². The lowest BCUT2D eigenvalue weighted by Crippen LogP contribution is -1.92. The maximum Gasteiger partial charge on any atom is 0.124 e. The third-order valence-corrected chi connectivity index (χ3v) is 1.56. The summed E-state index contributed by atoms with van der Waals surface area (Å²) >= 11 is 0. The molecule has 0 aliphatic heterocycles. The van der Waals surface area contributed by atoms with Crippen molar-refractivity contribution in [2.45, 2.75) is 27.7 Å². The maximum atomic E-state index is 9.32. The largest absolute Gasteiger partial charge is 0.507 e. The molecule has 0 aliphatic carbocycles. The first-order valence-corrected chi connectivity index (χ1v) is 4.46. The van der Waals surface area contributed by atoms with Crippen molar-refractivity contribution in [2.24, 2.45) is 0 Å². The average molecular weight is 179 g/mol. The first-order valence-electron chi connectivity index (χ1n) is 4.46. The molecule has 1 aromatic rings. The van der Waals surface area contributed by atoms with E-state index in [4.69, 9.17) is 5.41 Å². The van der Waals surface area contributed by atoms with E-state index < -0.39 is 0 Å². The molecular formula is C11H17NO. The Balaban J connectivity index is 0.000000671. The molecule has 0 radical (unpaired) electrons. The smallest absolute Gasteiger partial charge is 0.124 e. The first-order chi connectivity index (χ1) is 6.11. The molecular weight excluding hydrogens is 162 g/mol. The highest BCUT2D eigenvalue weighted by molar-refractivity contribution is 5.98. The van der Waals surface area contributed by atoms with Crippen molar-refractivity contribution in [3.8, 4) is 5.75 Å². The van der Waals surface area contributed by atoms with Crippen LogP contribution >= 0.6 is 0 Å². The zero-order chi connectivity index (χ0) is 10.4. The van der Waals surface area contributed by atoms with Crippen LogP contribution in [0.25, 0.3) is 0 Å². The molecule has 0 atom stereocenters. The second kappa shape index (κ2) is 5.36. The predicted octanol–water partition coefficient (Wildman–Crippen LogP) is 3.11.